The molecule has 0 aromatic heterocycles. The Hall–Kier alpha value is -3.08. The molecule has 0 aliphatic carbocycles. The minimum absolute atomic E-state index is 0.152. The molecule has 0 fully saturated rings. The number of aliphatic hydroxyl groups is 1. The van der Waals surface area contributed by atoms with E-state index in [4.69, 9.17) is 23.3 Å². The van der Waals surface area contributed by atoms with Crippen LogP contribution in [0.1, 0.15) is 265 Å². The summed E-state index contributed by atoms with van der Waals surface area (Å²) in [5.41, 5.74) is 0. The maximum absolute atomic E-state index is 12.9. The minimum Gasteiger partial charge on any atom is -0.462 e. The third-order valence-electron chi connectivity index (χ3n) is 12.6. The smallest absolute Gasteiger partial charge is 0.462 e. The van der Waals surface area contributed by atoms with Gasteiger partial charge in [0.05, 0.1) is 19.8 Å². The highest BCUT2D eigenvalue weighted by Gasteiger charge is 2.28. The number of hydrogen-bond acceptors (Lipinski definition) is 10. The van der Waals surface area contributed by atoms with Crippen LogP contribution in [0.5, 0.6) is 0 Å². The van der Waals surface area contributed by atoms with Gasteiger partial charge in [-0.05, 0) is 96.3 Å². The number of allylic oxidation sites excluding steroid dienone is 12. The van der Waals surface area contributed by atoms with Gasteiger partial charge in [0.25, 0.3) is 0 Å². The summed E-state index contributed by atoms with van der Waals surface area (Å²) >= 11 is 0. The van der Waals surface area contributed by atoms with Crippen LogP contribution in [0.2, 0.25) is 0 Å². The first kappa shape index (κ1) is 70.9. The summed E-state index contributed by atoms with van der Waals surface area (Å²) in [5.74, 6) is -1.49. The molecule has 0 aliphatic heterocycles. The molecule has 0 amide bonds. The van der Waals surface area contributed by atoms with Crippen molar-refractivity contribution < 1.29 is 52.2 Å². The number of carbonyl (C=O) groups is 3. The van der Waals surface area contributed by atoms with Gasteiger partial charge in [-0.3, -0.25) is 23.4 Å². The molecule has 0 heterocycles. The van der Waals surface area contributed by atoms with Crippen molar-refractivity contribution in [3.8, 4) is 0 Å². The van der Waals surface area contributed by atoms with Crippen LogP contribution < -0.4 is 0 Å². The van der Waals surface area contributed by atoms with Crippen molar-refractivity contribution in [3.63, 3.8) is 0 Å². The van der Waals surface area contributed by atoms with Gasteiger partial charge in [0, 0.05) is 19.3 Å². The summed E-state index contributed by atoms with van der Waals surface area (Å²) in [4.78, 5) is 48.5. The molecule has 2 N–H and O–H groups in total. The summed E-state index contributed by atoms with van der Waals surface area (Å²) in [6.07, 6.45) is 62.9. The van der Waals surface area contributed by atoms with Crippen molar-refractivity contribution in [2.24, 2.45) is 0 Å². The lowest BCUT2D eigenvalue weighted by Gasteiger charge is -2.21. The second-order valence-corrected chi connectivity index (χ2v) is 21.3. The fourth-order valence-electron chi connectivity index (χ4n) is 8.02. The van der Waals surface area contributed by atoms with E-state index in [1.807, 2.05) is 0 Å². The number of esters is 3. The zero-order valence-corrected chi connectivity index (χ0v) is 48.2. The lowest BCUT2D eigenvalue weighted by atomic mass is 10.1. The Morgan fingerprint density at radius 1 is 0.378 bits per heavy atom. The first-order valence-electron chi connectivity index (χ1n) is 29.8. The lowest BCUT2D eigenvalue weighted by molar-refractivity contribution is -0.161. The average Bonchev–Trinajstić information content (AvgIpc) is 3.39. The van der Waals surface area contributed by atoms with Gasteiger partial charge in [-0.2, -0.15) is 0 Å². The van der Waals surface area contributed by atoms with Gasteiger partial charge >= 0.3 is 25.7 Å². The van der Waals surface area contributed by atoms with E-state index < -0.39 is 57.8 Å². The van der Waals surface area contributed by atoms with Crippen LogP contribution in [-0.4, -0.2) is 66.5 Å². The van der Waals surface area contributed by atoms with E-state index in [2.05, 4.69) is 93.7 Å². The highest BCUT2D eigenvalue weighted by molar-refractivity contribution is 7.47. The zero-order chi connectivity index (χ0) is 54.1. The van der Waals surface area contributed by atoms with Crippen molar-refractivity contribution in [1.29, 1.82) is 0 Å². The van der Waals surface area contributed by atoms with Crippen molar-refractivity contribution in [2.75, 3.05) is 26.4 Å². The lowest BCUT2D eigenvalue weighted by Crippen LogP contribution is -2.30. The Labute approximate surface area is 452 Å². The van der Waals surface area contributed by atoms with Crippen LogP contribution in [-0.2, 0) is 42.2 Å². The SMILES string of the molecule is CCCCC/C=C\C/C=C\C/C=C\CCCCCCCCC(=O)OC(CO)COP(=O)(O)OCC(COC(=O)CCCCCCCCCCC)OC(=O)CCCCCCCC/C=C\C/C=C\C/C=C\CCCCC. The highest BCUT2D eigenvalue weighted by atomic mass is 31.2. The van der Waals surface area contributed by atoms with Crippen molar-refractivity contribution in [1.82, 2.24) is 0 Å². The first-order chi connectivity index (χ1) is 36.2. The Morgan fingerprint density at radius 2 is 0.662 bits per heavy atom. The fraction of sp³-hybridized carbons (Fsp3) is 0.758. The topological polar surface area (TPSA) is 155 Å². The molecular weight excluding hydrogens is 952 g/mol. The maximum atomic E-state index is 12.9. The van der Waals surface area contributed by atoms with Crippen LogP contribution in [0.3, 0.4) is 0 Å². The monoisotopic (exact) mass is 1060 g/mol. The molecule has 0 radical (unpaired) electrons. The van der Waals surface area contributed by atoms with E-state index >= 15 is 0 Å². The maximum Gasteiger partial charge on any atom is 0.472 e. The van der Waals surface area contributed by atoms with Gasteiger partial charge < -0.3 is 24.2 Å². The fourth-order valence-corrected chi connectivity index (χ4v) is 8.80. The van der Waals surface area contributed by atoms with E-state index in [1.54, 1.807) is 0 Å². The molecule has 0 aromatic rings. The number of carbonyl (C=O) groups excluding carboxylic acids is 3. The standard InChI is InChI=1S/C62H109O11P/c1-4-7-10-13-16-19-21-23-25-27-29-31-33-35-37-40-43-46-49-52-61(65)72-58(54-63)56-70-74(67,68)71-57-59(55-69-60(64)51-48-45-42-39-18-15-12-9-6-3)73-62(66)53-50-47-44-41-38-36-34-32-30-28-26-24-22-20-17-14-11-8-5-2/h16-17,19-20,23-26,29-32,58-59,63H,4-15,18,21-22,27-28,33-57H2,1-3H3,(H,67,68)/b19-16-,20-17-,25-23-,26-24-,31-29-,32-30-. The van der Waals surface area contributed by atoms with E-state index in [0.29, 0.717) is 19.3 Å². The van der Waals surface area contributed by atoms with Gasteiger partial charge in [0.2, 0.25) is 0 Å². The van der Waals surface area contributed by atoms with Crippen molar-refractivity contribution >= 4 is 25.7 Å². The highest BCUT2D eigenvalue weighted by Crippen LogP contribution is 2.43. The summed E-state index contributed by atoms with van der Waals surface area (Å²) in [6.45, 7) is 4.55. The van der Waals surface area contributed by atoms with Gasteiger partial charge in [-0.15, -0.1) is 0 Å². The predicted octanol–water partition coefficient (Wildman–Crippen LogP) is 17.7. The predicted molar refractivity (Wildman–Crippen MR) is 307 cm³/mol. The Kier molecular flexibility index (Phi) is 53.8. The Morgan fingerprint density at radius 3 is 1.04 bits per heavy atom. The summed E-state index contributed by atoms with van der Waals surface area (Å²) < 4.78 is 39.5. The molecular formula is C62H109O11P. The van der Waals surface area contributed by atoms with Crippen molar-refractivity contribution in [3.05, 3.63) is 72.9 Å². The molecule has 74 heavy (non-hydrogen) atoms. The molecule has 11 nitrogen and oxygen atoms in total. The number of phosphoric acid groups is 1. The van der Waals surface area contributed by atoms with E-state index in [0.717, 1.165) is 122 Å². The van der Waals surface area contributed by atoms with Crippen LogP contribution in [0.25, 0.3) is 0 Å². The molecule has 0 saturated carbocycles. The second kappa shape index (κ2) is 56.1. The Bertz CT molecular complexity index is 1520. The minimum atomic E-state index is -4.75. The Balaban J connectivity index is 4.63. The zero-order valence-electron chi connectivity index (χ0n) is 47.3. The number of unbranched alkanes of at least 4 members (excludes halogenated alkanes) is 26. The van der Waals surface area contributed by atoms with E-state index in [1.165, 1.54) is 83.5 Å². The number of rotatable bonds is 55. The molecule has 428 valence electrons. The van der Waals surface area contributed by atoms with Crippen LogP contribution in [0, 0.1) is 0 Å². The number of ether oxygens (including phenoxy) is 3. The average molecular weight is 1060 g/mol. The molecule has 0 aromatic carbocycles. The van der Waals surface area contributed by atoms with E-state index in [-0.39, 0.29) is 25.9 Å². The first-order valence-corrected chi connectivity index (χ1v) is 31.3. The number of aliphatic hydroxyl groups excluding tert-OH is 1. The molecule has 3 unspecified atom stereocenters. The van der Waals surface area contributed by atoms with Crippen LogP contribution in [0.15, 0.2) is 72.9 Å². The van der Waals surface area contributed by atoms with Gasteiger partial charge in [-0.25, -0.2) is 4.57 Å². The molecule has 0 rings (SSSR count). The number of hydrogen-bond donors (Lipinski definition) is 2. The van der Waals surface area contributed by atoms with Crippen LogP contribution >= 0.6 is 7.82 Å². The van der Waals surface area contributed by atoms with Gasteiger partial charge in [-0.1, -0.05) is 222 Å². The summed E-state index contributed by atoms with van der Waals surface area (Å²) in [7, 11) is -4.75. The molecule has 0 bridgehead atoms. The van der Waals surface area contributed by atoms with Gasteiger partial charge in [0.1, 0.15) is 12.7 Å². The summed E-state index contributed by atoms with van der Waals surface area (Å²) in [6, 6.07) is 0. The second-order valence-electron chi connectivity index (χ2n) is 19.8. The normalized spacial score (nSPS) is 13.9. The van der Waals surface area contributed by atoms with Crippen molar-refractivity contribution in [2.45, 2.75) is 277 Å². The number of phosphoric ester groups is 1. The van der Waals surface area contributed by atoms with E-state index in [9.17, 15) is 28.9 Å². The largest absolute Gasteiger partial charge is 0.472 e. The van der Waals surface area contributed by atoms with Gasteiger partial charge in [0.15, 0.2) is 6.10 Å². The molecule has 3 atom stereocenters. The molecule has 0 aliphatic rings. The third kappa shape index (κ3) is 53.7. The quantitative estimate of drug-likeness (QED) is 0.0197. The third-order valence-corrected chi connectivity index (χ3v) is 13.6. The molecule has 12 heteroatoms. The van der Waals surface area contributed by atoms with Crippen LogP contribution in [0.4, 0.5) is 0 Å². The molecule has 0 saturated heterocycles. The summed E-state index contributed by atoms with van der Waals surface area (Å²) in [5, 5.41) is 9.82. The molecule has 0 spiro atoms.